The Bertz CT molecular complexity index is 1280. The maximum atomic E-state index is 12.8. The quantitative estimate of drug-likeness (QED) is 0.554. The third-order valence-corrected chi connectivity index (χ3v) is 4.89. The van der Waals surface area contributed by atoms with Gasteiger partial charge in [-0.3, -0.25) is 23.7 Å². The number of β-amino-alcohol motifs (C(OH)–C–C–N with tert-alkyl or cyclic N) is 1. The van der Waals surface area contributed by atoms with Crippen LogP contribution in [0.5, 0.6) is 0 Å². The predicted octanol–water partition coefficient (Wildman–Crippen LogP) is 1.42. The highest BCUT2D eigenvalue weighted by Crippen LogP contribution is 2.36. The second-order valence-electron chi connectivity index (χ2n) is 6.57. The third kappa shape index (κ3) is 1.70. The van der Waals surface area contributed by atoms with Gasteiger partial charge < -0.3 is 5.11 Å². The largest absolute Gasteiger partial charge is 0.392 e. The zero-order chi connectivity index (χ0) is 18.2. The Labute approximate surface area is 146 Å². The van der Waals surface area contributed by atoms with Crippen LogP contribution in [0.15, 0.2) is 41.5 Å². The van der Waals surface area contributed by atoms with Crippen molar-refractivity contribution in [2.24, 2.45) is 0 Å². The van der Waals surface area contributed by atoms with Crippen molar-refractivity contribution in [2.75, 3.05) is 6.54 Å². The Morgan fingerprint density at radius 2 is 1.65 bits per heavy atom. The average Bonchev–Trinajstić information content (AvgIpc) is 3.11. The van der Waals surface area contributed by atoms with Crippen LogP contribution in [0.4, 0.5) is 0 Å². The van der Waals surface area contributed by atoms with E-state index in [4.69, 9.17) is 0 Å². The summed E-state index contributed by atoms with van der Waals surface area (Å²) >= 11 is 0. The summed E-state index contributed by atoms with van der Waals surface area (Å²) in [5.41, 5.74) is 0.972. The van der Waals surface area contributed by atoms with E-state index in [-0.39, 0.29) is 12.1 Å². The standard InChI is InChI=1S/C19H13N3O4/c1-9(23)8-22-18(25)12-3-2-10-14-11(4-5-13(15(12)14)19(22)26)17(24)21-7-6-20-16(10)21/h2-7,9,23H,8H2,1H3. The second kappa shape index (κ2) is 4.86. The third-order valence-electron chi connectivity index (χ3n) is 4.89. The Kier molecular flexibility index (Phi) is 2.80. The molecule has 26 heavy (non-hydrogen) atoms. The number of aromatic nitrogens is 2. The summed E-state index contributed by atoms with van der Waals surface area (Å²) in [6, 6.07) is 6.60. The number of amides is 2. The molecule has 7 nitrogen and oxygen atoms in total. The summed E-state index contributed by atoms with van der Waals surface area (Å²) in [5.74, 6) is -0.929. The molecule has 2 aromatic heterocycles. The van der Waals surface area contributed by atoms with E-state index < -0.39 is 17.9 Å². The molecule has 1 aliphatic rings. The van der Waals surface area contributed by atoms with Gasteiger partial charge in [0.1, 0.15) is 5.65 Å². The van der Waals surface area contributed by atoms with Crippen molar-refractivity contribution < 1.29 is 14.7 Å². The molecule has 1 unspecified atom stereocenters. The van der Waals surface area contributed by atoms with Gasteiger partial charge in [0.2, 0.25) is 0 Å². The van der Waals surface area contributed by atoms with Crippen LogP contribution in [-0.4, -0.2) is 43.9 Å². The smallest absolute Gasteiger partial charge is 0.264 e. The minimum atomic E-state index is -0.827. The number of carbonyl (C=O) groups is 2. The number of hydrogen-bond acceptors (Lipinski definition) is 5. The Hall–Kier alpha value is -3.32. The van der Waals surface area contributed by atoms with E-state index >= 15 is 0 Å². The molecule has 7 heteroatoms. The van der Waals surface area contributed by atoms with Crippen molar-refractivity contribution in [2.45, 2.75) is 13.0 Å². The fourth-order valence-corrected chi connectivity index (χ4v) is 3.83. The van der Waals surface area contributed by atoms with Crippen LogP contribution in [0.3, 0.4) is 0 Å². The normalized spacial score (nSPS) is 15.5. The summed E-state index contributed by atoms with van der Waals surface area (Å²) in [6.45, 7) is 1.44. The zero-order valence-electron chi connectivity index (χ0n) is 13.8. The fraction of sp³-hybridized carbons (Fsp3) is 0.158. The van der Waals surface area contributed by atoms with E-state index in [9.17, 15) is 19.5 Å². The molecular formula is C19H13N3O4. The number of rotatable bonds is 2. The molecule has 128 valence electrons. The molecule has 2 aromatic carbocycles. The van der Waals surface area contributed by atoms with Crippen molar-refractivity contribution in [3.8, 4) is 0 Å². The number of aliphatic hydroxyl groups is 1. The fourth-order valence-electron chi connectivity index (χ4n) is 3.83. The lowest BCUT2D eigenvalue weighted by Gasteiger charge is -2.28. The number of nitrogens with zero attached hydrogens (tertiary/aromatic N) is 3. The summed E-state index contributed by atoms with van der Waals surface area (Å²) in [5, 5.41) is 11.9. The minimum absolute atomic E-state index is 0.0779. The number of carbonyl (C=O) groups excluding carboxylic acids is 2. The SMILES string of the molecule is CC(O)CN1C(=O)c2ccc3c(=O)n4ccnc4c4ccc(c2c34)C1=O. The van der Waals surface area contributed by atoms with Crippen LogP contribution in [-0.2, 0) is 0 Å². The lowest BCUT2D eigenvalue weighted by molar-refractivity contribution is 0.0520. The number of fused-ring (bicyclic) bond motifs is 2. The molecule has 5 rings (SSSR count). The van der Waals surface area contributed by atoms with Crippen molar-refractivity contribution in [1.82, 2.24) is 14.3 Å². The van der Waals surface area contributed by atoms with Crippen LogP contribution < -0.4 is 5.56 Å². The van der Waals surface area contributed by atoms with Gasteiger partial charge in [0.05, 0.1) is 12.6 Å². The van der Waals surface area contributed by atoms with E-state index in [0.717, 1.165) is 10.3 Å². The van der Waals surface area contributed by atoms with E-state index in [1.807, 2.05) is 0 Å². The first-order valence-electron chi connectivity index (χ1n) is 8.21. The first kappa shape index (κ1) is 15.0. The van der Waals surface area contributed by atoms with E-state index in [1.165, 1.54) is 11.3 Å². The molecule has 0 fully saturated rings. The second-order valence-corrected chi connectivity index (χ2v) is 6.57. The monoisotopic (exact) mass is 347 g/mol. The molecule has 4 aromatic rings. The number of benzene rings is 2. The number of hydrogen-bond donors (Lipinski definition) is 1. The summed E-state index contributed by atoms with van der Waals surface area (Å²) in [7, 11) is 0. The Morgan fingerprint density at radius 1 is 1.00 bits per heavy atom. The van der Waals surface area contributed by atoms with Gasteiger partial charge in [0.15, 0.2) is 0 Å². The first-order chi connectivity index (χ1) is 12.5. The summed E-state index contributed by atoms with van der Waals surface area (Å²) in [4.78, 5) is 43.8. The van der Waals surface area contributed by atoms with Crippen LogP contribution >= 0.6 is 0 Å². The average molecular weight is 347 g/mol. The topological polar surface area (TPSA) is 92.0 Å². The lowest BCUT2D eigenvalue weighted by atomic mass is 9.90. The lowest BCUT2D eigenvalue weighted by Crippen LogP contribution is -2.44. The van der Waals surface area contributed by atoms with Crippen molar-refractivity contribution in [3.63, 3.8) is 0 Å². The van der Waals surface area contributed by atoms with E-state index in [0.29, 0.717) is 32.9 Å². The molecule has 0 spiro atoms. The molecular weight excluding hydrogens is 334 g/mol. The van der Waals surface area contributed by atoms with Crippen molar-refractivity contribution >= 4 is 39.0 Å². The molecule has 0 saturated carbocycles. The molecule has 1 N–H and O–H groups in total. The zero-order valence-corrected chi connectivity index (χ0v) is 13.8. The predicted molar refractivity (Wildman–Crippen MR) is 94.7 cm³/mol. The molecule has 0 radical (unpaired) electrons. The van der Waals surface area contributed by atoms with Gasteiger partial charge in [-0.2, -0.15) is 0 Å². The van der Waals surface area contributed by atoms with Gasteiger partial charge in [0.25, 0.3) is 17.4 Å². The maximum absolute atomic E-state index is 12.8. The van der Waals surface area contributed by atoms with Gasteiger partial charge in [-0.15, -0.1) is 0 Å². The summed E-state index contributed by atoms with van der Waals surface area (Å²) in [6.07, 6.45) is 2.32. The van der Waals surface area contributed by atoms with Crippen LogP contribution in [0.2, 0.25) is 0 Å². The molecule has 1 aliphatic heterocycles. The Morgan fingerprint density at radius 3 is 2.31 bits per heavy atom. The maximum Gasteiger partial charge on any atom is 0.264 e. The van der Waals surface area contributed by atoms with Crippen molar-refractivity contribution in [3.05, 3.63) is 58.1 Å². The highest BCUT2D eigenvalue weighted by atomic mass is 16.3. The van der Waals surface area contributed by atoms with E-state index in [1.54, 1.807) is 36.7 Å². The van der Waals surface area contributed by atoms with Gasteiger partial charge in [-0.1, -0.05) is 0 Å². The minimum Gasteiger partial charge on any atom is -0.392 e. The van der Waals surface area contributed by atoms with E-state index in [2.05, 4.69) is 4.98 Å². The number of aliphatic hydroxyl groups excluding tert-OH is 1. The molecule has 0 aliphatic carbocycles. The molecule has 1 atom stereocenters. The highest BCUT2D eigenvalue weighted by molar-refractivity contribution is 6.31. The van der Waals surface area contributed by atoms with Crippen LogP contribution in [0, 0.1) is 0 Å². The van der Waals surface area contributed by atoms with Gasteiger partial charge in [-0.25, -0.2) is 4.98 Å². The Balaban J connectivity index is 1.96. The molecule has 0 saturated heterocycles. The highest BCUT2D eigenvalue weighted by Gasteiger charge is 2.34. The molecule has 3 heterocycles. The molecule has 2 amide bonds. The van der Waals surface area contributed by atoms with Gasteiger partial charge in [0, 0.05) is 45.1 Å². The van der Waals surface area contributed by atoms with Gasteiger partial charge in [-0.05, 0) is 31.2 Å². The van der Waals surface area contributed by atoms with Crippen LogP contribution in [0.25, 0.3) is 27.2 Å². The summed E-state index contributed by atoms with van der Waals surface area (Å²) < 4.78 is 1.46. The number of imidazole rings is 1. The molecule has 0 bridgehead atoms. The van der Waals surface area contributed by atoms with Gasteiger partial charge >= 0.3 is 0 Å². The number of pyridine rings is 1. The van der Waals surface area contributed by atoms with Crippen LogP contribution in [0.1, 0.15) is 27.6 Å². The first-order valence-corrected chi connectivity index (χ1v) is 8.21. The van der Waals surface area contributed by atoms with Crippen molar-refractivity contribution in [1.29, 1.82) is 0 Å². The number of imide groups is 1.